The van der Waals surface area contributed by atoms with Gasteiger partial charge >= 0.3 is 0 Å². The first-order valence-electron chi connectivity index (χ1n) is 11.3. The van der Waals surface area contributed by atoms with Crippen molar-refractivity contribution in [3.63, 3.8) is 0 Å². The molecule has 0 unspecified atom stereocenters. The Morgan fingerprint density at radius 1 is 0.912 bits per heavy atom. The van der Waals surface area contributed by atoms with Crippen LogP contribution >= 0.6 is 0 Å². The average Bonchev–Trinajstić information content (AvgIpc) is 2.88. The summed E-state index contributed by atoms with van der Waals surface area (Å²) in [7, 11) is 1.41. The lowest BCUT2D eigenvalue weighted by atomic mass is 9.96. The van der Waals surface area contributed by atoms with E-state index in [0.717, 1.165) is 22.1 Å². The molecule has 1 aliphatic rings. The quantitative estimate of drug-likeness (QED) is 0.510. The Bertz CT molecular complexity index is 1270. The molecular formula is C26H30N2O5S. The number of hydrogen-bond donors (Lipinski definition) is 0. The Morgan fingerprint density at radius 2 is 1.50 bits per heavy atom. The SMILES string of the molecule is COc1ccc(S(=O)(=O)N2CCC(C(=O)N(C)Cc3ccc4cc(OC)ccc4c3)CC2)cc1. The lowest BCUT2D eigenvalue weighted by Gasteiger charge is -2.32. The summed E-state index contributed by atoms with van der Waals surface area (Å²) in [4.78, 5) is 15.1. The maximum Gasteiger partial charge on any atom is 0.243 e. The third-order valence-corrected chi connectivity index (χ3v) is 8.32. The Kier molecular flexibility index (Phi) is 7.09. The Balaban J connectivity index is 1.36. The van der Waals surface area contributed by atoms with Crippen molar-refractivity contribution in [3.05, 3.63) is 66.2 Å². The topological polar surface area (TPSA) is 76.2 Å². The third kappa shape index (κ3) is 5.03. The second kappa shape index (κ2) is 10.0. The highest BCUT2D eigenvalue weighted by Gasteiger charge is 2.33. The second-order valence-corrected chi connectivity index (χ2v) is 10.5. The number of amides is 1. The molecule has 0 bridgehead atoms. The Hall–Kier alpha value is -3.10. The smallest absolute Gasteiger partial charge is 0.243 e. The van der Waals surface area contributed by atoms with E-state index in [0.29, 0.717) is 38.2 Å². The van der Waals surface area contributed by atoms with Crippen molar-refractivity contribution in [2.75, 3.05) is 34.4 Å². The molecular weight excluding hydrogens is 452 g/mol. The van der Waals surface area contributed by atoms with Crippen LogP contribution in [0.4, 0.5) is 0 Å². The maximum atomic E-state index is 13.1. The van der Waals surface area contributed by atoms with Gasteiger partial charge in [-0.3, -0.25) is 4.79 Å². The molecule has 0 atom stereocenters. The van der Waals surface area contributed by atoms with Gasteiger partial charge in [-0.2, -0.15) is 4.31 Å². The zero-order chi connectivity index (χ0) is 24.3. The zero-order valence-corrected chi connectivity index (χ0v) is 20.5. The molecule has 7 nitrogen and oxygen atoms in total. The van der Waals surface area contributed by atoms with Gasteiger partial charge < -0.3 is 14.4 Å². The van der Waals surface area contributed by atoms with Crippen LogP contribution in [0.1, 0.15) is 18.4 Å². The van der Waals surface area contributed by atoms with E-state index in [4.69, 9.17) is 9.47 Å². The molecule has 4 rings (SSSR count). The van der Waals surface area contributed by atoms with Crippen LogP contribution in [-0.2, 0) is 21.4 Å². The fourth-order valence-electron chi connectivity index (χ4n) is 4.40. The van der Waals surface area contributed by atoms with Gasteiger partial charge in [0.15, 0.2) is 0 Å². The highest BCUT2D eigenvalue weighted by molar-refractivity contribution is 7.89. The minimum Gasteiger partial charge on any atom is -0.497 e. The van der Waals surface area contributed by atoms with Crippen molar-refractivity contribution in [2.45, 2.75) is 24.3 Å². The van der Waals surface area contributed by atoms with E-state index in [1.807, 2.05) is 30.3 Å². The number of sulfonamides is 1. The highest BCUT2D eigenvalue weighted by Crippen LogP contribution is 2.27. The number of methoxy groups -OCH3 is 2. The molecule has 3 aromatic rings. The summed E-state index contributed by atoms with van der Waals surface area (Å²) in [6.07, 6.45) is 1.02. The van der Waals surface area contributed by atoms with Gasteiger partial charge in [0.25, 0.3) is 0 Å². The van der Waals surface area contributed by atoms with E-state index in [2.05, 4.69) is 6.07 Å². The molecule has 0 aromatic heterocycles. The summed E-state index contributed by atoms with van der Waals surface area (Å²) in [5.74, 6) is 1.29. The predicted molar refractivity (Wildman–Crippen MR) is 131 cm³/mol. The fraction of sp³-hybridized carbons (Fsp3) is 0.346. The molecule has 0 aliphatic carbocycles. The van der Waals surface area contributed by atoms with Crippen LogP contribution in [0.3, 0.4) is 0 Å². The molecule has 0 N–H and O–H groups in total. The molecule has 1 amide bonds. The van der Waals surface area contributed by atoms with Gasteiger partial charge in [-0.05, 0) is 71.6 Å². The number of rotatable bonds is 7. The molecule has 0 radical (unpaired) electrons. The lowest BCUT2D eigenvalue weighted by molar-refractivity contribution is -0.135. The van der Waals surface area contributed by atoms with Crippen molar-refractivity contribution < 1.29 is 22.7 Å². The van der Waals surface area contributed by atoms with Crippen LogP contribution < -0.4 is 9.47 Å². The molecule has 1 saturated heterocycles. The maximum absolute atomic E-state index is 13.1. The molecule has 8 heteroatoms. The van der Waals surface area contributed by atoms with Gasteiger partial charge in [-0.25, -0.2) is 8.42 Å². The molecule has 3 aromatic carbocycles. The standard InChI is InChI=1S/C26H30N2O5S/c1-27(18-19-4-5-22-17-24(33-3)7-6-21(22)16-19)26(29)20-12-14-28(15-13-20)34(30,31)25-10-8-23(32-2)9-11-25/h4-11,16-17,20H,12-15,18H2,1-3H3. The minimum absolute atomic E-state index is 0.0522. The first-order chi connectivity index (χ1) is 16.3. The third-order valence-electron chi connectivity index (χ3n) is 6.41. The molecule has 1 heterocycles. The predicted octanol–water partition coefficient (Wildman–Crippen LogP) is 3.92. The number of benzene rings is 3. The number of piperidine rings is 1. The summed E-state index contributed by atoms with van der Waals surface area (Å²) in [5.41, 5.74) is 1.05. The number of carbonyl (C=O) groups is 1. The van der Waals surface area contributed by atoms with Crippen molar-refractivity contribution in [1.82, 2.24) is 9.21 Å². The Labute approximate surface area is 200 Å². The summed E-state index contributed by atoms with van der Waals surface area (Å²) < 4.78 is 37.8. The van der Waals surface area contributed by atoms with E-state index >= 15 is 0 Å². The molecule has 1 aliphatic heterocycles. The van der Waals surface area contributed by atoms with Crippen molar-refractivity contribution in [3.8, 4) is 11.5 Å². The fourth-order valence-corrected chi connectivity index (χ4v) is 5.87. The van der Waals surface area contributed by atoms with Gasteiger partial charge in [0, 0.05) is 32.6 Å². The second-order valence-electron chi connectivity index (χ2n) is 8.60. The molecule has 34 heavy (non-hydrogen) atoms. The average molecular weight is 483 g/mol. The van der Waals surface area contributed by atoms with Crippen LogP contribution in [0.25, 0.3) is 10.8 Å². The van der Waals surface area contributed by atoms with Gasteiger partial charge in [-0.1, -0.05) is 18.2 Å². The van der Waals surface area contributed by atoms with Crippen LogP contribution in [0, 0.1) is 5.92 Å². The van der Waals surface area contributed by atoms with Gasteiger partial charge in [0.05, 0.1) is 19.1 Å². The first-order valence-corrected chi connectivity index (χ1v) is 12.7. The van der Waals surface area contributed by atoms with Crippen LogP contribution in [0.15, 0.2) is 65.6 Å². The summed E-state index contributed by atoms with van der Waals surface area (Å²) in [5, 5.41) is 2.18. The van der Waals surface area contributed by atoms with Gasteiger partial charge in [0.2, 0.25) is 15.9 Å². The number of hydrogen-bond acceptors (Lipinski definition) is 5. The molecule has 180 valence electrons. The van der Waals surface area contributed by atoms with E-state index in [9.17, 15) is 13.2 Å². The molecule has 0 spiro atoms. The summed E-state index contributed by atoms with van der Waals surface area (Å²) in [6, 6.07) is 18.5. The number of fused-ring (bicyclic) bond motifs is 1. The monoisotopic (exact) mass is 482 g/mol. The zero-order valence-electron chi connectivity index (χ0n) is 19.7. The van der Waals surface area contributed by atoms with Gasteiger partial charge in [-0.15, -0.1) is 0 Å². The highest BCUT2D eigenvalue weighted by atomic mass is 32.2. The van der Waals surface area contributed by atoms with Crippen molar-refractivity contribution in [1.29, 1.82) is 0 Å². The molecule has 0 saturated carbocycles. The number of nitrogens with zero attached hydrogens (tertiary/aromatic N) is 2. The number of carbonyl (C=O) groups excluding carboxylic acids is 1. The summed E-state index contributed by atoms with van der Waals surface area (Å²) >= 11 is 0. The van der Waals surface area contributed by atoms with Crippen molar-refractivity contribution in [2.24, 2.45) is 5.92 Å². The van der Waals surface area contributed by atoms with Crippen LogP contribution in [0.5, 0.6) is 11.5 Å². The normalized spacial score (nSPS) is 15.3. The summed E-state index contributed by atoms with van der Waals surface area (Å²) in [6.45, 7) is 1.16. The van der Waals surface area contributed by atoms with E-state index in [1.54, 1.807) is 50.4 Å². The van der Waals surface area contributed by atoms with Crippen LogP contribution in [-0.4, -0.2) is 57.9 Å². The minimum atomic E-state index is -3.59. The molecule has 1 fully saturated rings. The van der Waals surface area contributed by atoms with E-state index in [-0.39, 0.29) is 16.7 Å². The Morgan fingerprint density at radius 3 is 2.15 bits per heavy atom. The van der Waals surface area contributed by atoms with Crippen molar-refractivity contribution >= 4 is 26.7 Å². The van der Waals surface area contributed by atoms with Crippen LogP contribution in [0.2, 0.25) is 0 Å². The number of ether oxygens (including phenoxy) is 2. The largest absolute Gasteiger partial charge is 0.497 e. The van der Waals surface area contributed by atoms with E-state index < -0.39 is 10.0 Å². The van der Waals surface area contributed by atoms with Gasteiger partial charge in [0.1, 0.15) is 11.5 Å². The first kappa shape index (κ1) is 24.0. The van der Waals surface area contributed by atoms with E-state index in [1.165, 1.54) is 4.31 Å². The lowest BCUT2D eigenvalue weighted by Crippen LogP contribution is -2.43.